The van der Waals surface area contributed by atoms with E-state index in [1.165, 1.54) is 6.07 Å². The van der Waals surface area contributed by atoms with Crippen LogP contribution in [0.15, 0.2) is 16.8 Å². The number of rotatable bonds is 11. The third kappa shape index (κ3) is 6.07. The van der Waals surface area contributed by atoms with Gasteiger partial charge in [-0.3, -0.25) is 9.59 Å². The van der Waals surface area contributed by atoms with Crippen LogP contribution in [0.2, 0.25) is 0 Å². The molecule has 1 aromatic carbocycles. The largest absolute Gasteiger partial charge is 0.405 e. The minimum Gasteiger partial charge on any atom is -0.346 e. The molecular formula is C25H26F6N6O3. The molecule has 0 radical (unpaired) electrons. The number of amides is 2. The molecule has 3 N–H and O–H groups in total. The molecule has 0 spiro atoms. The summed E-state index contributed by atoms with van der Waals surface area (Å²) in [4.78, 5) is 32.9. The second-order valence-corrected chi connectivity index (χ2v) is 10.4. The van der Waals surface area contributed by atoms with Gasteiger partial charge in [0.2, 0.25) is 12.3 Å². The number of aromatic amines is 1. The van der Waals surface area contributed by atoms with E-state index in [4.69, 9.17) is 0 Å². The molecule has 3 aromatic rings. The van der Waals surface area contributed by atoms with Crippen LogP contribution in [0.4, 0.5) is 26.3 Å². The van der Waals surface area contributed by atoms with Crippen molar-refractivity contribution in [2.75, 3.05) is 6.54 Å². The number of fused-ring (bicyclic) bond motifs is 1. The third-order valence-corrected chi connectivity index (χ3v) is 7.38. The number of nitrogens with one attached hydrogen (secondary N) is 3. The van der Waals surface area contributed by atoms with Gasteiger partial charge < -0.3 is 15.6 Å². The van der Waals surface area contributed by atoms with Crippen molar-refractivity contribution in [2.24, 2.45) is 17.8 Å². The van der Waals surface area contributed by atoms with Crippen LogP contribution in [0.3, 0.4) is 0 Å². The fourth-order valence-electron chi connectivity index (χ4n) is 5.24. The number of hydrogen-bond donors (Lipinski definition) is 3. The smallest absolute Gasteiger partial charge is 0.346 e. The lowest BCUT2D eigenvalue weighted by atomic mass is 9.88. The standard InChI is InChI=1S/C25H26F6N6O3/c1-10-19(37-40-36-10)24(39)35-21(17(11-2-3-11)12-4-5-12)22-33-15-7-6-13(18(28)20(15)34-22)14(8-16(26)27)23(38)32-9-25(29,30)31/h6-7,11-12,14,16-17,21H,2-5,8-9H2,1H3,(H,32,38)(H,33,34)(H,35,39)/t14-,21?/m0/s1. The normalized spacial score (nSPS) is 17.4. The molecule has 2 fully saturated rings. The minimum atomic E-state index is -4.77. The molecule has 2 aliphatic rings. The summed E-state index contributed by atoms with van der Waals surface area (Å²) in [7, 11) is 0. The zero-order valence-corrected chi connectivity index (χ0v) is 21.2. The maximum atomic E-state index is 15.7. The van der Waals surface area contributed by atoms with Crippen molar-refractivity contribution in [1.82, 2.24) is 30.9 Å². The highest BCUT2D eigenvalue weighted by Crippen LogP contribution is 2.54. The summed E-state index contributed by atoms with van der Waals surface area (Å²) >= 11 is 0. The number of hydrogen-bond acceptors (Lipinski definition) is 6. The Kier molecular flexibility index (Phi) is 7.48. The fraction of sp³-hybridized carbons (Fsp3) is 0.560. The molecule has 2 heterocycles. The van der Waals surface area contributed by atoms with Gasteiger partial charge in [0.05, 0.1) is 17.5 Å². The lowest BCUT2D eigenvalue weighted by Crippen LogP contribution is -2.37. The molecule has 5 rings (SSSR count). The Bertz CT molecular complexity index is 1390. The number of benzene rings is 1. The average Bonchev–Trinajstić information content (AvgIpc) is 3.81. The van der Waals surface area contributed by atoms with Crippen molar-refractivity contribution < 1.29 is 40.6 Å². The van der Waals surface area contributed by atoms with Gasteiger partial charge in [-0.05, 0) is 61.6 Å². The van der Waals surface area contributed by atoms with Crippen LogP contribution in [0.25, 0.3) is 11.0 Å². The van der Waals surface area contributed by atoms with Gasteiger partial charge in [-0.2, -0.15) is 13.2 Å². The van der Waals surface area contributed by atoms with Crippen molar-refractivity contribution in [2.45, 2.75) is 63.6 Å². The number of aryl methyl sites for hydroxylation is 1. The van der Waals surface area contributed by atoms with Gasteiger partial charge in [0.1, 0.15) is 23.6 Å². The molecule has 15 heteroatoms. The molecule has 40 heavy (non-hydrogen) atoms. The number of alkyl halides is 5. The number of nitrogens with zero attached hydrogens (tertiary/aromatic N) is 3. The first-order valence-electron chi connectivity index (χ1n) is 12.8. The Morgan fingerprint density at radius 2 is 1.80 bits per heavy atom. The van der Waals surface area contributed by atoms with Crippen LogP contribution < -0.4 is 10.6 Å². The first kappa shape index (κ1) is 27.9. The number of carbonyl (C=O) groups excluding carboxylic acids is 2. The number of halogens is 6. The predicted octanol–water partition coefficient (Wildman–Crippen LogP) is 4.72. The summed E-state index contributed by atoms with van der Waals surface area (Å²) in [5.74, 6) is -4.08. The number of aromatic nitrogens is 4. The topological polar surface area (TPSA) is 126 Å². The monoisotopic (exact) mass is 572 g/mol. The Morgan fingerprint density at radius 3 is 2.35 bits per heavy atom. The molecular weight excluding hydrogens is 546 g/mol. The Morgan fingerprint density at radius 1 is 1.12 bits per heavy atom. The first-order chi connectivity index (χ1) is 18.9. The van der Waals surface area contributed by atoms with Crippen molar-refractivity contribution in [3.05, 3.63) is 40.7 Å². The molecule has 1 unspecified atom stereocenters. The van der Waals surface area contributed by atoms with Gasteiger partial charge in [0.25, 0.3) is 5.91 Å². The van der Waals surface area contributed by atoms with Crippen LogP contribution in [-0.2, 0) is 4.79 Å². The van der Waals surface area contributed by atoms with Crippen molar-refractivity contribution in [3.8, 4) is 0 Å². The third-order valence-electron chi connectivity index (χ3n) is 7.38. The Balaban J connectivity index is 1.50. The molecule has 216 valence electrons. The molecule has 0 bridgehead atoms. The second-order valence-electron chi connectivity index (χ2n) is 10.4. The molecule has 2 saturated carbocycles. The van der Waals surface area contributed by atoms with E-state index in [1.807, 2.05) is 0 Å². The quantitative estimate of drug-likeness (QED) is 0.286. The molecule has 2 atom stereocenters. The zero-order valence-electron chi connectivity index (χ0n) is 21.2. The van der Waals surface area contributed by atoms with E-state index < -0.39 is 60.7 Å². The highest BCUT2D eigenvalue weighted by atomic mass is 19.4. The van der Waals surface area contributed by atoms with Crippen molar-refractivity contribution >= 4 is 22.8 Å². The number of imidazole rings is 1. The van der Waals surface area contributed by atoms with E-state index in [9.17, 15) is 31.5 Å². The van der Waals surface area contributed by atoms with Gasteiger partial charge in [-0.1, -0.05) is 11.2 Å². The number of carbonyl (C=O) groups is 2. The van der Waals surface area contributed by atoms with E-state index >= 15 is 4.39 Å². The maximum absolute atomic E-state index is 15.7. The van der Waals surface area contributed by atoms with Crippen molar-refractivity contribution in [1.29, 1.82) is 0 Å². The summed E-state index contributed by atoms with van der Waals surface area (Å²) in [6.45, 7) is -0.188. The molecule has 2 aromatic heterocycles. The Labute approximate surface area is 223 Å². The fourth-order valence-corrected chi connectivity index (χ4v) is 5.24. The van der Waals surface area contributed by atoms with Crippen LogP contribution >= 0.6 is 0 Å². The summed E-state index contributed by atoms with van der Waals surface area (Å²) < 4.78 is 84.7. The second kappa shape index (κ2) is 10.7. The summed E-state index contributed by atoms with van der Waals surface area (Å²) in [5.41, 5.74) is -0.346. The summed E-state index contributed by atoms with van der Waals surface area (Å²) in [5, 5.41) is 11.8. The average molecular weight is 573 g/mol. The summed E-state index contributed by atoms with van der Waals surface area (Å²) in [6.07, 6.45) is -5.21. The van der Waals surface area contributed by atoms with Crippen LogP contribution in [0, 0.1) is 30.5 Å². The zero-order chi connectivity index (χ0) is 28.8. The van der Waals surface area contributed by atoms with E-state index in [0.717, 1.165) is 31.7 Å². The predicted molar refractivity (Wildman–Crippen MR) is 127 cm³/mol. The van der Waals surface area contributed by atoms with E-state index in [0.29, 0.717) is 11.8 Å². The number of H-pyrrole nitrogens is 1. The van der Waals surface area contributed by atoms with Crippen molar-refractivity contribution in [3.63, 3.8) is 0 Å². The molecule has 2 amide bonds. The van der Waals surface area contributed by atoms with Crippen LogP contribution in [-0.4, -0.2) is 51.2 Å². The van der Waals surface area contributed by atoms with Gasteiger partial charge in [-0.15, -0.1) is 0 Å². The summed E-state index contributed by atoms with van der Waals surface area (Å²) in [6, 6.07) is 1.73. The molecule has 0 aliphatic heterocycles. The molecule has 9 nitrogen and oxygen atoms in total. The van der Waals surface area contributed by atoms with E-state index in [-0.39, 0.29) is 34.2 Å². The SMILES string of the molecule is Cc1nonc1C(=O)NC(c1nc2c(F)c([C@H](CC(F)F)C(=O)NCC(F)(F)F)ccc2[nH]1)C(C1CC1)C1CC1. The molecule has 0 saturated heterocycles. The van der Waals surface area contributed by atoms with Gasteiger partial charge in [0, 0.05) is 12.0 Å². The first-order valence-corrected chi connectivity index (χ1v) is 12.8. The van der Waals surface area contributed by atoms with Crippen LogP contribution in [0.5, 0.6) is 0 Å². The lowest BCUT2D eigenvalue weighted by molar-refractivity contribution is -0.139. The maximum Gasteiger partial charge on any atom is 0.405 e. The van der Waals surface area contributed by atoms with Crippen LogP contribution in [0.1, 0.15) is 71.6 Å². The van der Waals surface area contributed by atoms with Gasteiger partial charge in [0.15, 0.2) is 11.5 Å². The van der Waals surface area contributed by atoms with Gasteiger partial charge in [-0.25, -0.2) is 22.8 Å². The lowest BCUT2D eigenvalue weighted by Gasteiger charge is -2.26. The minimum absolute atomic E-state index is 0.00746. The molecule has 2 aliphatic carbocycles. The van der Waals surface area contributed by atoms with E-state index in [1.54, 1.807) is 12.2 Å². The Hall–Kier alpha value is -3.65. The highest BCUT2D eigenvalue weighted by Gasteiger charge is 2.47. The van der Waals surface area contributed by atoms with E-state index in [2.05, 4.69) is 30.2 Å². The highest BCUT2D eigenvalue weighted by molar-refractivity contribution is 5.93. The van der Waals surface area contributed by atoms with Gasteiger partial charge >= 0.3 is 6.18 Å².